The number of hydrogen-bond donors (Lipinski definition) is 0. The van der Waals surface area contributed by atoms with Gasteiger partial charge in [-0.3, -0.25) is 4.79 Å². The van der Waals surface area contributed by atoms with E-state index < -0.39 is 0 Å². The number of amides is 1. The van der Waals surface area contributed by atoms with Crippen molar-refractivity contribution >= 4 is 23.3 Å². The Morgan fingerprint density at radius 3 is 2.42 bits per heavy atom. The largest absolute Gasteiger partial charge is 0.488 e. The van der Waals surface area contributed by atoms with E-state index in [0.717, 1.165) is 36.0 Å². The van der Waals surface area contributed by atoms with Gasteiger partial charge < -0.3 is 14.5 Å². The number of aryl methyl sites for hydroxylation is 2. The Bertz CT molecular complexity index is 1040. The van der Waals surface area contributed by atoms with Crippen molar-refractivity contribution in [3.05, 3.63) is 82.3 Å². The summed E-state index contributed by atoms with van der Waals surface area (Å²) in [5.74, 6) is 2.26. The van der Waals surface area contributed by atoms with Gasteiger partial charge in [0.1, 0.15) is 24.0 Å². The lowest BCUT2D eigenvalue weighted by Crippen LogP contribution is -2.49. The average Bonchev–Trinajstić information content (AvgIpc) is 2.78. The molecule has 0 N–H and O–H groups in total. The molecule has 3 aromatic rings. The lowest BCUT2D eigenvalue weighted by molar-refractivity contribution is 0.0741. The summed E-state index contributed by atoms with van der Waals surface area (Å²) in [5, 5.41) is 0.686. The Hall–Kier alpha value is -3.12. The van der Waals surface area contributed by atoms with Gasteiger partial charge in [0.15, 0.2) is 0 Å². The van der Waals surface area contributed by atoms with E-state index in [1.807, 2.05) is 73.3 Å². The standard InChI is InChI=1S/C24H25ClN4O2/c1-17-15-23(27-18(2)26-17)28-11-13-29(14-12-28)24(30)21-5-3-4-6-22(21)31-16-19-7-9-20(25)10-8-19/h3-10,15H,11-14,16H2,1-2H3. The molecule has 1 amide bonds. The van der Waals surface area contributed by atoms with E-state index in [2.05, 4.69) is 14.9 Å². The first-order chi connectivity index (χ1) is 15.0. The quantitative estimate of drug-likeness (QED) is 0.597. The highest BCUT2D eigenvalue weighted by Gasteiger charge is 2.25. The van der Waals surface area contributed by atoms with Crippen LogP contribution in [-0.4, -0.2) is 47.0 Å². The van der Waals surface area contributed by atoms with Crippen molar-refractivity contribution in [3.8, 4) is 5.75 Å². The Morgan fingerprint density at radius 1 is 1.00 bits per heavy atom. The van der Waals surface area contributed by atoms with Crippen LogP contribution in [0.3, 0.4) is 0 Å². The van der Waals surface area contributed by atoms with Gasteiger partial charge in [-0.25, -0.2) is 9.97 Å². The van der Waals surface area contributed by atoms with Gasteiger partial charge in [-0.15, -0.1) is 0 Å². The summed E-state index contributed by atoms with van der Waals surface area (Å²) in [6.07, 6.45) is 0. The third-order valence-electron chi connectivity index (χ3n) is 5.27. The fourth-order valence-electron chi connectivity index (χ4n) is 3.68. The van der Waals surface area contributed by atoms with Crippen molar-refractivity contribution < 1.29 is 9.53 Å². The summed E-state index contributed by atoms with van der Waals surface area (Å²) in [7, 11) is 0. The fourth-order valence-corrected chi connectivity index (χ4v) is 3.81. The van der Waals surface area contributed by atoms with E-state index in [1.54, 1.807) is 0 Å². The van der Waals surface area contributed by atoms with Crippen LogP contribution in [-0.2, 0) is 6.61 Å². The highest BCUT2D eigenvalue weighted by Crippen LogP contribution is 2.23. The number of halogens is 1. The van der Waals surface area contributed by atoms with Crippen molar-refractivity contribution in [3.63, 3.8) is 0 Å². The molecule has 2 heterocycles. The molecule has 1 fully saturated rings. The lowest BCUT2D eigenvalue weighted by atomic mass is 10.1. The normalized spacial score (nSPS) is 13.9. The van der Waals surface area contributed by atoms with Crippen molar-refractivity contribution in [2.45, 2.75) is 20.5 Å². The highest BCUT2D eigenvalue weighted by molar-refractivity contribution is 6.30. The first-order valence-electron chi connectivity index (χ1n) is 10.3. The summed E-state index contributed by atoms with van der Waals surface area (Å²) < 4.78 is 5.97. The van der Waals surface area contributed by atoms with E-state index in [0.29, 0.717) is 36.0 Å². The van der Waals surface area contributed by atoms with Crippen LogP contribution >= 0.6 is 11.6 Å². The lowest BCUT2D eigenvalue weighted by Gasteiger charge is -2.35. The zero-order chi connectivity index (χ0) is 21.8. The molecule has 1 aliphatic heterocycles. The van der Waals surface area contributed by atoms with Gasteiger partial charge in [0.25, 0.3) is 5.91 Å². The summed E-state index contributed by atoms with van der Waals surface area (Å²) in [4.78, 5) is 26.2. The number of hydrogen-bond acceptors (Lipinski definition) is 5. The van der Waals surface area contributed by atoms with E-state index in [9.17, 15) is 4.79 Å². The van der Waals surface area contributed by atoms with E-state index in [1.165, 1.54) is 0 Å². The van der Waals surface area contributed by atoms with E-state index >= 15 is 0 Å². The second-order valence-electron chi connectivity index (χ2n) is 7.61. The average molecular weight is 437 g/mol. The molecule has 31 heavy (non-hydrogen) atoms. The maximum absolute atomic E-state index is 13.2. The molecule has 1 aromatic heterocycles. The summed E-state index contributed by atoms with van der Waals surface area (Å²) >= 11 is 5.94. The number of carbonyl (C=O) groups excluding carboxylic acids is 1. The number of anilines is 1. The fraction of sp³-hybridized carbons (Fsp3) is 0.292. The van der Waals surface area contributed by atoms with Gasteiger partial charge >= 0.3 is 0 Å². The molecule has 4 rings (SSSR count). The molecule has 6 nitrogen and oxygen atoms in total. The number of carbonyl (C=O) groups is 1. The minimum absolute atomic E-state index is 0.0126. The molecule has 1 aliphatic rings. The third kappa shape index (κ3) is 5.14. The minimum atomic E-state index is -0.0126. The number of para-hydroxylation sites is 1. The van der Waals surface area contributed by atoms with Crippen LogP contribution < -0.4 is 9.64 Å². The minimum Gasteiger partial charge on any atom is -0.488 e. The van der Waals surface area contributed by atoms with Gasteiger partial charge in [0, 0.05) is 43.0 Å². The van der Waals surface area contributed by atoms with E-state index in [-0.39, 0.29) is 5.91 Å². The first kappa shape index (κ1) is 21.1. The maximum atomic E-state index is 13.2. The molecule has 7 heteroatoms. The first-order valence-corrected chi connectivity index (χ1v) is 10.7. The van der Waals surface area contributed by atoms with Crippen molar-refractivity contribution in [2.75, 3.05) is 31.1 Å². The Kier molecular flexibility index (Phi) is 6.37. The predicted molar refractivity (Wildman–Crippen MR) is 122 cm³/mol. The number of nitrogens with zero attached hydrogens (tertiary/aromatic N) is 4. The van der Waals surface area contributed by atoms with Gasteiger partial charge in [-0.2, -0.15) is 0 Å². The smallest absolute Gasteiger partial charge is 0.257 e. The van der Waals surface area contributed by atoms with Gasteiger partial charge in [-0.1, -0.05) is 35.9 Å². The third-order valence-corrected chi connectivity index (χ3v) is 5.52. The Morgan fingerprint density at radius 2 is 1.71 bits per heavy atom. The molecule has 0 bridgehead atoms. The Balaban J connectivity index is 1.41. The maximum Gasteiger partial charge on any atom is 0.257 e. The Labute approximate surface area is 187 Å². The van der Waals surface area contributed by atoms with E-state index in [4.69, 9.17) is 16.3 Å². The highest BCUT2D eigenvalue weighted by atomic mass is 35.5. The number of benzene rings is 2. The van der Waals surface area contributed by atoms with Crippen LogP contribution in [0.5, 0.6) is 5.75 Å². The SMILES string of the molecule is Cc1cc(N2CCN(C(=O)c3ccccc3OCc3ccc(Cl)cc3)CC2)nc(C)n1. The number of rotatable bonds is 5. The topological polar surface area (TPSA) is 58.6 Å². The number of aromatic nitrogens is 2. The molecule has 0 saturated carbocycles. The molecular formula is C24H25ClN4O2. The van der Waals surface area contributed by atoms with Crippen molar-refractivity contribution in [2.24, 2.45) is 0 Å². The molecule has 0 unspecified atom stereocenters. The molecule has 160 valence electrons. The summed E-state index contributed by atoms with van der Waals surface area (Å²) in [6, 6.07) is 16.9. The predicted octanol–water partition coefficient (Wildman–Crippen LogP) is 4.29. The van der Waals surface area contributed by atoms with Crippen LogP contribution in [0.4, 0.5) is 5.82 Å². The molecule has 2 aromatic carbocycles. The van der Waals surface area contributed by atoms with Crippen molar-refractivity contribution in [1.82, 2.24) is 14.9 Å². The summed E-state index contributed by atoms with van der Waals surface area (Å²) in [6.45, 7) is 6.97. The monoisotopic (exact) mass is 436 g/mol. The second-order valence-corrected chi connectivity index (χ2v) is 8.04. The van der Waals surface area contributed by atoms with Crippen LogP contribution in [0.25, 0.3) is 0 Å². The van der Waals surface area contributed by atoms with Gasteiger partial charge in [-0.05, 0) is 43.7 Å². The van der Waals surface area contributed by atoms with Crippen LogP contribution in [0.15, 0.2) is 54.6 Å². The van der Waals surface area contributed by atoms with Gasteiger partial charge in [0.2, 0.25) is 0 Å². The molecule has 1 saturated heterocycles. The van der Waals surface area contributed by atoms with Crippen LogP contribution in [0, 0.1) is 13.8 Å². The molecular weight excluding hydrogens is 412 g/mol. The molecule has 0 spiro atoms. The zero-order valence-electron chi connectivity index (χ0n) is 17.7. The molecule has 0 atom stereocenters. The van der Waals surface area contributed by atoms with Crippen molar-refractivity contribution in [1.29, 1.82) is 0 Å². The van der Waals surface area contributed by atoms with Gasteiger partial charge in [0.05, 0.1) is 5.56 Å². The van der Waals surface area contributed by atoms with Crippen LogP contribution in [0.2, 0.25) is 5.02 Å². The second kappa shape index (κ2) is 9.35. The zero-order valence-corrected chi connectivity index (χ0v) is 18.5. The summed E-state index contributed by atoms with van der Waals surface area (Å²) in [5.41, 5.74) is 2.53. The molecule has 0 aliphatic carbocycles. The van der Waals surface area contributed by atoms with Crippen LogP contribution in [0.1, 0.15) is 27.4 Å². The number of piperazine rings is 1. The molecule has 0 radical (unpaired) electrons. The number of ether oxygens (including phenoxy) is 1.